The molecule has 1 aliphatic rings. The van der Waals surface area contributed by atoms with Gasteiger partial charge in [0.2, 0.25) is 0 Å². The van der Waals surface area contributed by atoms with Crippen LogP contribution in [0.25, 0.3) is 0 Å². The number of thiazole rings is 1. The van der Waals surface area contributed by atoms with Crippen molar-refractivity contribution in [2.45, 2.75) is 51.7 Å². The molecule has 2 aromatic rings. The number of imidazole rings is 1. The van der Waals surface area contributed by atoms with Crippen molar-refractivity contribution in [1.29, 1.82) is 0 Å². The molecule has 5 heteroatoms. The van der Waals surface area contributed by atoms with Crippen molar-refractivity contribution in [3.8, 4) is 0 Å². The van der Waals surface area contributed by atoms with Gasteiger partial charge in [0.15, 0.2) is 0 Å². The summed E-state index contributed by atoms with van der Waals surface area (Å²) in [5.41, 5.74) is 1.05. The highest BCUT2D eigenvalue weighted by Gasteiger charge is 2.31. The molecule has 2 aromatic heterocycles. The Labute approximate surface area is 123 Å². The van der Waals surface area contributed by atoms with Gasteiger partial charge in [-0.25, -0.2) is 9.97 Å². The van der Waals surface area contributed by atoms with Gasteiger partial charge in [0.25, 0.3) is 0 Å². The average Bonchev–Trinajstić information content (AvgIpc) is 2.98. The standard InChI is InChI=1S/C15H21N3OS/c1-11-10-20-13(17-11)9-18-6-5-16-14(18)12-4-7-19-15(2,3)8-12/h5-6,10,12H,4,7-9H2,1-3H3/t12-/m0/s1. The lowest BCUT2D eigenvalue weighted by molar-refractivity contribution is -0.0606. The molecule has 0 aromatic carbocycles. The van der Waals surface area contributed by atoms with E-state index >= 15 is 0 Å². The molecule has 1 atom stereocenters. The van der Waals surface area contributed by atoms with Gasteiger partial charge >= 0.3 is 0 Å². The summed E-state index contributed by atoms with van der Waals surface area (Å²) >= 11 is 1.72. The van der Waals surface area contributed by atoms with E-state index < -0.39 is 0 Å². The molecule has 1 fully saturated rings. The molecular weight excluding hydrogens is 270 g/mol. The molecule has 1 aliphatic heterocycles. The van der Waals surface area contributed by atoms with Crippen LogP contribution in [-0.4, -0.2) is 26.7 Å². The summed E-state index contributed by atoms with van der Waals surface area (Å²) in [4.78, 5) is 9.14. The third-order valence-corrected chi connectivity index (χ3v) is 4.73. The highest BCUT2D eigenvalue weighted by Crippen LogP contribution is 2.35. The minimum Gasteiger partial charge on any atom is -0.376 e. The molecule has 108 valence electrons. The molecule has 3 heterocycles. The van der Waals surface area contributed by atoms with Gasteiger partial charge in [0.05, 0.1) is 12.1 Å². The smallest absolute Gasteiger partial charge is 0.113 e. The van der Waals surface area contributed by atoms with E-state index in [-0.39, 0.29) is 5.60 Å². The number of nitrogens with zero attached hydrogens (tertiary/aromatic N) is 3. The first-order valence-electron chi connectivity index (χ1n) is 7.09. The van der Waals surface area contributed by atoms with Crippen molar-refractivity contribution < 1.29 is 4.74 Å². The van der Waals surface area contributed by atoms with Crippen LogP contribution in [0.3, 0.4) is 0 Å². The van der Waals surface area contributed by atoms with Crippen LogP contribution < -0.4 is 0 Å². The Morgan fingerprint density at radius 3 is 3.05 bits per heavy atom. The fraction of sp³-hybridized carbons (Fsp3) is 0.600. The molecule has 4 nitrogen and oxygen atoms in total. The molecule has 0 saturated carbocycles. The summed E-state index contributed by atoms with van der Waals surface area (Å²) in [7, 11) is 0. The van der Waals surface area contributed by atoms with E-state index in [2.05, 4.69) is 40.0 Å². The largest absolute Gasteiger partial charge is 0.376 e. The zero-order valence-electron chi connectivity index (χ0n) is 12.3. The van der Waals surface area contributed by atoms with Crippen molar-refractivity contribution in [3.63, 3.8) is 0 Å². The fourth-order valence-corrected chi connectivity index (χ4v) is 3.66. The molecule has 1 saturated heterocycles. The first kappa shape index (κ1) is 13.8. The molecule has 0 amide bonds. The van der Waals surface area contributed by atoms with Crippen molar-refractivity contribution >= 4 is 11.3 Å². The number of rotatable bonds is 3. The monoisotopic (exact) mass is 291 g/mol. The molecule has 0 spiro atoms. The van der Waals surface area contributed by atoms with E-state index in [0.29, 0.717) is 5.92 Å². The van der Waals surface area contributed by atoms with E-state index in [0.717, 1.165) is 36.7 Å². The van der Waals surface area contributed by atoms with Gasteiger partial charge in [-0.2, -0.15) is 0 Å². The van der Waals surface area contributed by atoms with E-state index in [4.69, 9.17) is 4.74 Å². The minimum absolute atomic E-state index is 0.0442. The van der Waals surface area contributed by atoms with E-state index in [9.17, 15) is 0 Å². The molecule has 0 radical (unpaired) electrons. The Morgan fingerprint density at radius 2 is 2.35 bits per heavy atom. The first-order chi connectivity index (χ1) is 9.53. The maximum absolute atomic E-state index is 5.81. The first-order valence-corrected chi connectivity index (χ1v) is 7.97. The van der Waals surface area contributed by atoms with Crippen LogP contribution in [-0.2, 0) is 11.3 Å². The summed E-state index contributed by atoms with van der Waals surface area (Å²) in [6, 6.07) is 0. The Balaban J connectivity index is 1.79. The number of aryl methyl sites for hydroxylation is 1. The Kier molecular flexibility index (Phi) is 3.65. The van der Waals surface area contributed by atoms with Gasteiger partial charge in [-0.05, 0) is 33.6 Å². The van der Waals surface area contributed by atoms with Gasteiger partial charge in [-0.15, -0.1) is 11.3 Å². The average molecular weight is 291 g/mol. The minimum atomic E-state index is -0.0442. The predicted octanol–water partition coefficient (Wildman–Crippen LogP) is 3.37. The Morgan fingerprint density at radius 1 is 1.50 bits per heavy atom. The number of hydrogen-bond acceptors (Lipinski definition) is 4. The second-order valence-electron chi connectivity index (χ2n) is 6.09. The van der Waals surface area contributed by atoms with Crippen LogP contribution in [0.5, 0.6) is 0 Å². The summed E-state index contributed by atoms with van der Waals surface area (Å²) in [5, 5.41) is 3.25. The van der Waals surface area contributed by atoms with Crippen LogP contribution in [0.2, 0.25) is 0 Å². The Hall–Kier alpha value is -1.20. The lowest BCUT2D eigenvalue weighted by Gasteiger charge is -2.35. The summed E-state index contributed by atoms with van der Waals surface area (Å²) in [5.74, 6) is 1.66. The second-order valence-corrected chi connectivity index (χ2v) is 7.04. The zero-order chi connectivity index (χ0) is 14.2. The predicted molar refractivity (Wildman–Crippen MR) is 80.2 cm³/mol. The van der Waals surface area contributed by atoms with E-state index in [1.807, 2.05) is 13.1 Å². The van der Waals surface area contributed by atoms with Gasteiger partial charge in [0, 0.05) is 36.0 Å². The highest BCUT2D eigenvalue weighted by molar-refractivity contribution is 7.09. The number of ether oxygens (including phenoxy) is 1. The molecule has 0 N–H and O–H groups in total. The maximum atomic E-state index is 5.81. The zero-order valence-corrected chi connectivity index (χ0v) is 13.1. The van der Waals surface area contributed by atoms with Crippen LogP contribution in [0, 0.1) is 6.92 Å². The Bertz CT molecular complexity index is 587. The van der Waals surface area contributed by atoms with Crippen LogP contribution >= 0.6 is 11.3 Å². The molecule has 3 rings (SSSR count). The van der Waals surface area contributed by atoms with Crippen LogP contribution in [0.1, 0.15) is 49.1 Å². The van der Waals surface area contributed by atoms with Crippen molar-refractivity contribution in [2.24, 2.45) is 0 Å². The molecular formula is C15H21N3OS. The fourth-order valence-electron chi connectivity index (χ4n) is 2.89. The van der Waals surface area contributed by atoms with Crippen molar-refractivity contribution in [2.75, 3.05) is 6.61 Å². The second kappa shape index (κ2) is 5.30. The van der Waals surface area contributed by atoms with Crippen LogP contribution in [0.15, 0.2) is 17.8 Å². The SMILES string of the molecule is Cc1csc(Cn2ccnc2[C@H]2CCOC(C)(C)C2)n1. The normalized spacial score (nSPS) is 22.1. The van der Waals surface area contributed by atoms with Crippen molar-refractivity contribution in [1.82, 2.24) is 14.5 Å². The van der Waals surface area contributed by atoms with E-state index in [1.165, 1.54) is 5.82 Å². The summed E-state index contributed by atoms with van der Waals surface area (Å²) in [6.07, 6.45) is 6.05. The lowest BCUT2D eigenvalue weighted by Crippen LogP contribution is -2.34. The highest BCUT2D eigenvalue weighted by atomic mass is 32.1. The number of aromatic nitrogens is 3. The summed E-state index contributed by atoms with van der Waals surface area (Å²) < 4.78 is 8.05. The lowest BCUT2D eigenvalue weighted by atomic mass is 9.88. The van der Waals surface area contributed by atoms with E-state index in [1.54, 1.807) is 11.3 Å². The van der Waals surface area contributed by atoms with Gasteiger partial charge < -0.3 is 9.30 Å². The van der Waals surface area contributed by atoms with Gasteiger partial charge in [-0.3, -0.25) is 0 Å². The van der Waals surface area contributed by atoms with Crippen LogP contribution in [0.4, 0.5) is 0 Å². The van der Waals surface area contributed by atoms with Crippen molar-refractivity contribution in [3.05, 3.63) is 34.3 Å². The molecule has 0 unspecified atom stereocenters. The van der Waals surface area contributed by atoms with Gasteiger partial charge in [-0.1, -0.05) is 0 Å². The maximum Gasteiger partial charge on any atom is 0.113 e. The van der Waals surface area contributed by atoms with Gasteiger partial charge in [0.1, 0.15) is 10.8 Å². The topological polar surface area (TPSA) is 39.9 Å². The summed E-state index contributed by atoms with van der Waals surface area (Å²) in [6.45, 7) is 8.01. The third kappa shape index (κ3) is 2.94. The molecule has 20 heavy (non-hydrogen) atoms. The number of hydrogen-bond donors (Lipinski definition) is 0. The quantitative estimate of drug-likeness (QED) is 0.870. The molecule has 0 bridgehead atoms. The molecule has 0 aliphatic carbocycles. The third-order valence-electron chi connectivity index (χ3n) is 3.78.